The zero-order valence-corrected chi connectivity index (χ0v) is 16.0. The van der Waals surface area contributed by atoms with Crippen LogP contribution in [0.1, 0.15) is 15.9 Å². The molecule has 5 nitrogen and oxygen atoms in total. The van der Waals surface area contributed by atoms with Gasteiger partial charge in [0.15, 0.2) is 11.6 Å². The first-order chi connectivity index (χ1) is 14.7. The molecule has 5 rings (SSSR count). The van der Waals surface area contributed by atoms with E-state index in [9.17, 15) is 9.90 Å². The monoisotopic (exact) mass is 394 g/mol. The van der Waals surface area contributed by atoms with Gasteiger partial charge in [-0.25, -0.2) is 9.78 Å². The molecular weight excluding hydrogens is 376 g/mol. The van der Waals surface area contributed by atoms with E-state index in [1.165, 1.54) is 0 Å². The molecule has 0 fully saturated rings. The van der Waals surface area contributed by atoms with Gasteiger partial charge < -0.3 is 14.1 Å². The number of rotatable bonds is 5. The van der Waals surface area contributed by atoms with Crippen molar-refractivity contribution in [2.45, 2.75) is 6.54 Å². The molecule has 30 heavy (non-hydrogen) atoms. The second kappa shape index (κ2) is 7.37. The third-order valence-electron chi connectivity index (χ3n) is 5.16. The van der Waals surface area contributed by atoms with Gasteiger partial charge in [-0.1, -0.05) is 54.6 Å². The lowest BCUT2D eigenvalue weighted by molar-refractivity contribution is 0.0697. The first-order valence-electron chi connectivity index (χ1n) is 9.61. The van der Waals surface area contributed by atoms with Gasteiger partial charge >= 0.3 is 5.97 Å². The maximum atomic E-state index is 11.5. The molecule has 3 aromatic carbocycles. The average Bonchev–Trinajstić information content (AvgIpc) is 3.43. The van der Waals surface area contributed by atoms with Gasteiger partial charge in [-0.2, -0.15) is 0 Å². The van der Waals surface area contributed by atoms with Gasteiger partial charge in [0.05, 0.1) is 22.9 Å². The predicted octanol–water partition coefficient (Wildman–Crippen LogP) is 5.71. The molecule has 5 heteroatoms. The average molecular weight is 394 g/mol. The van der Waals surface area contributed by atoms with Crippen molar-refractivity contribution in [1.29, 1.82) is 0 Å². The second-order valence-corrected chi connectivity index (χ2v) is 7.04. The molecule has 2 aromatic heterocycles. The molecule has 2 heterocycles. The van der Waals surface area contributed by atoms with Crippen molar-refractivity contribution in [3.63, 3.8) is 0 Å². The highest BCUT2D eigenvalue weighted by Gasteiger charge is 2.15. The highest BCUT2D eigenvalue weighted by Crippen LogP contribution is 2.28. The summed E-state index contributed by atoms with van der Waals surface area (Å²) in [7, 11) is 0. The van der Waals surface area contributed by atoms with Crippen molar-refractivity contribution in [2.24, 2.45) is 0 Å². The molecule has 5 aromatic rings. The number of benzene rings is 3. The maximum Gasteiger partial charge on any atom is 0.336 e. The van der Waals surface area contributed by atoms with E-state index in [0.29, 0.717) is 17.7 Å². The number of furan rings is 1. The van der Waals surface area contributed by atoms with Gasteiger partial charge in [0.25, 0.3) is 0 Å². The Morgan fingerprint density at radius 2 is 1.67 bits per heavy atom. The van der Waals surface area contributed by atoms with E-state index in [0.717, 1.165) is 33.7 Å². The van der Waals surface area contributed by atoms with Crippen LogP contribution >= 0.6 is 0 Å². The normalized spacial score (nSPS) is 11.1. The topological polar surface area (TPSA) is 68.3 Å². The summed E-state index contributed by atoms with van der Waals surface area (Å²) >= 11 is 0. The van der Waals surface area contributed by atoms with Crippen molar-refractivity contribution < 1.29 is 14.3 Å². The van der Waals surface area contributed by atoms with Gasteiger partial charge in [0, 0.05) is 6.54 Å². The summed E-state index contributed by atoms with van der Waals surface area (Å²) in [6.07, 6.45) is 1.65. The third kappa shape index (κ3) is 3.16. The Kier molecular flexibility index (Phi) is 4.41. The highest BCUT2D eigenvalue weighted by atomic mass is 16.4. The fraction of sp³-hybridized carbons (Fsp3) is 0.0400. The minimum atomic E-state index is -0.928. The molecule has 0 atom stereocenters. The molecule has 0 aliphatic carbocycles. The molecular formula is C25H18N2O3. The molecule has 0 aliphatic heterocycles. The van der Waals surface area contributed by atoms with Crippen LogP contribution in [0.15, 0.2) is 95.6 Å². The van der Waals surface area contributed by atoms with Crippen molar-refractivity contribution in [2.75, 3.05) is 0 Å². The Morgan fingerprint density at radius 3 is 2.43 bits per heavy atom. The molecule has 0 aliphatic rings. The van der Waals surface area contributed by atoms with E-state index in [-0.39, 0.29) is 0 Å². The first kappa shape index (κ1) is 17.9. The van der Waals surface area contributed by atoms with Crippen LogP contribution in [0.5, 0.6) is 0 Å². The number of carbonyl (C=O) groups is 1. The maximum absolute atomic E-state index is 11.5. The fourth-order valence-electron chi connectivity index (χ4n) is 3.72. The van der Waals surface area contributed by atoms with Crippen LogP contribution in [0.2, 0.25) is 0 Å². The van der Waals surface area contributed by atoms with Gasteiger partial charge in [0.1, 0.15) is 0 Å². The molecule has 0 saturated carbocycles. The number of hydrogen-bond donors (Lipinski definition) is 1. The van der Waals surface area contributed by atoms with E-state index < -0.39 is 5.97 Å². The van der Waals surface area contributed by atoms with Crippen LogP contribution in [-0.2, 0) is 6.54 Å². The minimum absolute atomic E-state index is 0.297. The van der Waals surface area contributed by atoms with Crippen LogP contribution in [0.4, 0.5) is 0 Å². The number of imidazole rings is 1. The first-order valence-corrected chi connectivity index (χ1v) is 9.61. The molecule has 1 N–H and O–H groups in total. The smallest absolute Gasteiger partial charge is 0.336 e. The summed E-state index contributed by atoms with van der Waals surface area (Å²) < 4.78 is 7.73. The zero-order chi connectivity index (χ0) is 20.5. The Hall–Kier alpha value is -4.12. The fourth-order valence-corrected chi connectivity index (χ4v) is 3.72. The number of para-hydroxylation sites is 2. The van der Waals surface area contributed by atoms with Crippen LogP contribution in [0, 0.1) is 0 Å². The van der Waals surface area contributed by atoms with Gasteiger partial charge in [-0.05, 0) is 47.0 Å². The van der Waals surface area contributed by atoms with E-state index in [1.54, 1.807) is 18.4 Å². The molecule has 146 valence electrons. The van der Waals surface area contributed by atoms with Crippen LogP contribution < -0.4 is 0 Å². The Bertz CT molecular complexity index is 1330. The Morgan fingerprint density at radius 1 is 0.900 bits per heavy atom. The number of nitrogens with zero attached hydrogens (tertiary/aromatic N) is 2. The van der Waals surface area contributed by atoms with Crippen molar-refractivity contribution in [3.8, 4) is 22.7 Å². The van der Waals surface area contributed by atoms with Crippen LogP contribution in [0.25, 0.3) is 33.7 Å². The van der Waals surface area contributed by atoms with Crippen LogP contribution in [-0.4, -0.2) is 20.6 Å². The standard InChI is InChI=1S/C25H18N2O3/c28-25(29)20-7-2-1-6-19(20)18-13-11-17(12-14-18)16-27-22-9-4-3-8-21(22)26-24(27)23-10-5-15-30-23/h1-15H,16H2,(H,28,29). The quantitative estimate of drug-likeness (QED) is 0.415. The minimum Gasteiger partial charge on any atom is -0.478 e. The Balaban J connectivity index is 1.53. The second-order valence-electron chi connectivity index (χ2n) is 7.04. The highest BCUT2D eigenvalue weighted by molar-refractivity contribution is 5.96. The van der Waals surface area contributed by atoms with E-state index in [2.05, 4.69) is 4.57 Å². The number of aromatic nitrogens is 2. The summed E-state index contributed by atoms with van der Waals surface area (Å²) in [5.41, 5.74) is 4.91. The summed E-state index contributed by atoms with van der Waals surface area (Å²) in [5.74, 6) is 0.572. The van der Waals surface area contributed by atoms with E-state index in [4.69, 9.17) is 9.40 Å². The summed E-state index contributed by atoms with van der Waals surface area (Å²) in [6, 6.07) is 26.8. The third-order valence-corrected chi connectivity index (χ3v) is 5.16. The molecule has 0 radical (unpaired) electrons. The number of carboxylic acid groups (broad SMARTS) is 1. The number of fused-ring (bicyclic) bond motifs is 1. The predicted molar refractivity (Wildman–Crippen MR) is 115 cm³/mol. The van der Waals surface area contributed by atoms with Gasteiger partial charge in [-0.3, -0.25) is 0 Å². The largest absolute Gasteiger partial charge is 0.478 e. The van der Waals surface area contributed by atoms with E-state index in [1.807, 2.05) is 72.8 Å². The molecule has 0 spiro atoms. The van der Waals surface area contributed by atoms with Gasteiger partial charge in [-0.15, -0.1) is 0 Å². The van der Waals surface area contributed by atoms with Crippen molar-refractivity contribution >= 4 is 17.0 Å². The lowest BCUT2D eigenvalue weighted by atomic mass is 9.99. The molecule has 0 saturated heterocycles. The number of aromatic carboxylic acids is 1. The zero-order valence-electron chi connectivity index (χ0n) is 16.0. The summed E-state index contributed by atoms with van der Waals surface area (Å²) in [6.45, 7) is 0.622. The number of carboxylic acids is 1. The molecule has 0 unspecified atom stereocenters. The lowest BCUT2D eigenvalue weighted by Gasteiger charge is -2.10. The van der Waals surface area contributed by atoms with Gasteiger partial charge in [0.2, 0.25) is 0 Å². The summed E-state index contributed by atoms with van der Waals surface area (Å²) in [4.78, 5) is 16.3. The summed E-state index contributed by atoms with van der Waals surface area (Å²) in [5, 5.41) is 9.46. The number of hydrogen-bond acceptors (Lipinski definition) is 3. The molecule has 0 bridgehead atoms. The molecule has 0 amide bonds. The van der Waals surface area contributed by atoms with Crippen molar-refractivity contribution in [1.82, 2.24) is 9.55 Å². The lowest BCUT2D eigenvalue weighted by Crippen LogP contribution is -2.02. The Labute approximate surface area is 172 Å². The van der Waals surface area contributed by atoms with E-state index >= 15 is 0 Å². The SMILES string of the molecule is O=C(O)c1ccccc1-c1ccc(Cn2c(-c3ccco3)nc3ccccc32)cc1. The van der Waals surface area contributed by atoms with Crippen molar-refractivity contribution in [3.05, 3.63) is 102 Å². The van der Waals surface area contributed by atoms with Crippen LogP contribution in [0.3, 0.4) is 0 Å².